The van der Waals surface area contributed by atoms with E-state index in [1.807, 2.05) is 0 Å². The minimum absolute atomic E-state index is 0.0761. The van der Waals surface area contributed by atoms with Crippen LogP contribution in [0.4, 0.5) is 0 Å². The molecule has 0 aliphatic heterocycles. The number of ether oxygens (including phenoxy) is 1. The van der Waals surface area contributed by atoms with Crippen molar-refractivity contribution in [1.82, 2.24) is 15.2 Å². The van der Waals surface area contributed by atoms with E-state index in [4.69, 9.17) is 26.4 Å². The van der Waals surface area contributed by atoms with Gasteiger partial charge in [-0.05, 0) is 12.2 Å². The van der Waals surface area contributed by atoms with Gasteiger partial charge in [0.25, 0.3) is 10.7 Å². The number of methoxy groups -OCH3 is 1. The first-order valence-electron chi connectivity index (χ1n) is 5.97. The van der Waals surface area contributed by atoms with Gasteiger partial charge in [-0.3, -0.25) is 0 Å². The van der Waals surface area contributed by atoms with Crippen LogP contribution in [-0.2, 0) is 16.6 Å². The van der Waals surface area contributed by atoms with Crippen molar-refractivity contribution in [2.45, 2.75) is 32.6 Å². The molecule has 19 heavy (non-hydrogen) atoms. The Morgan fingerprint density at radius 2 is 2.16 bits per heavy atom. The molecule has 0 spiro atoms. The number of hydrogen-bond donors (Lipinski definition) is 1. The highest BCUT2D eigenvalue weighted by Crippen LogP contribution is 2.36. The quantitative estimate of drug-likeness (QED) is 0.877. The van der Waals surface area contributed by atoms with Crippen LogP contribution in [0.3, 0.4) is 0 Å². The van der Waals surface area contributed by atoms with Gasteiger partial charge < -0.3 is 9.15 Å². The predicted octanol–water partition coefficient (Wildman–Crippen LogP) is 3.34. The zero-order chi connectivity index (χ0) is 14.0. The molecule has 2 aromatic rings. The second-order valence-corrected chi connectivity index (χ2v) is 6.65. The van der Waals surface area contributed by atoms with E-state index in [9.17, 15) is 0 Å². The van der Waals surface area contributed by atoms with Gasteiger partial charge in [-0.2, -0.15) is 0 Å². The predicted molar refractivity (Wildman–Crippen MR) is 77.1 cm³/mol. The van der Waals surface area contributed by atoms with Crippen LogP contribution < -0.4 is 0 Å². The van der Waals surface area contributed by atoms with Gasteiger partial charge in [-0.25, -0.2) is 10.1 Å². The molecule has 0 aromatic carbocycles. The number of aromatic amines is 1. The van der Waals surface area contributed by atoms with Crippen LogP contribution in [0, 0.1) is 4.84 Å². The number of nitrogens with one attached hydrogen (secondary N) is 1. The summed E-state index contributed by atoms with van der Waals surface area (Å²) in [5.74, 6) is 0.510. The fourth-order valence-electron chi connectivity index (χ4n) is 1.64. The van der Waals surface area contributed by atoms with Gasteiger partial charge in [-0.1, -0.05) is 20.8 Å². The van der Waals surface area contributed by atoms with E-state index in [0.29, 0.717) is 12.5 Å². The summed E-state index contributed by atoms with van der Waals surface area (Å²) in [6.07, 6.45) is 0.787. The standard InChI is InChI=1S/C12H17N3O2S2/c1-12(2,3)9-8(10-14-15-11(18)17-10)19-7(13-9)5-6-16-4/h5-6H2,1-4H3,(H,15,18). The Bertz CT molecular complexity index is 607. The largest absolute Gasteiger partial charge is 0.408 e. The second kappa shape index (κ2) is 5.52. The Kier molecular flexibility index (Phi) is 4.17. The smallest absolute Gasteiger partial charge is 0.284 e. The Labute approximate surface area is 121 Å². The molecule has 5 nitrogen and oxygen atoms in total. The van der Waals surface area contributed by atoms with Gasteiger partial charge in [0.15, 0.2) is 0 Å². The van der Waals surface area contributed by atoms with Crippen molar-refractivity contribution in [2.75, 3.05) is 13.7 Å². The van der Waals surface area contributed by atoms with Crippen molar-refractivity contribution < 1.29 is 9.15 Å². The molecule has 0 saturated carbocycles. The van der Waals surface area contributed by atoms with E-state index in [0.717, 1.165) is 22.0 Å². The van der Waals surface area contributed by atoms with Gasteiger partial charge in [0.1, 0.15) is 4.88 Å². The van der Waals surface area contributed by atoms with E-state index >= 15 is 0 Å². The zero-order valence-electron chi connectivity index (χ0n) is 11.4. The van der Waals surface area contributed by atoms with Crippen molar-refractivity contribution in [3.8, 4) is 10.8 Å². The molecule has 0 fully saturated rings. The van der Waals surface area contributed by atoms with E-state index < -0.39 is 0 Å². The lowest BCUT2D eigenvalue weighted by Gasteiger charge is -2.16. The second-order valence-electron chi connectivity index (χ2n) is 5.20. The first-order valence-corrected chi connectivity index (χ1v) is 7.19. The van der Waals surface area contributed by atoms with Crippen LogP contribution in [0.25, 0.3) is 10.8 Å². The maximum absolute atomic E-state index is 5.41. The lowest BCUT2D eigenvalue weighted by molar-refractivity contribution is 0.202. The molecule has 0 unspecified atom stereocenters. The summed E-state index contributed by atoms with van der Waals surface area (Å²) < 4.78 is 10.5. The number of thiazole rings is 1. The van der Waals surface area contributed by atoms with Gasteiger partial charge >= 0.3 is 0 Å². The molecule has 0 radical (unpaired) electrons. The molecule has 0 atom stereocenters. The third-order valence-electron chi connectivity index (χ3n) is 2.53. The van der Waals surface area contributed by atoms with Crippen LogP contribution in [0.1, 0.15) is 31.5 Å². The molecule has 104 valence electrons. The molecule has 1 N–H and O–H groups in total. The number of H-pyrrole nitrogens is 1. The average molecular weight is 299 g/mol. The molecule has 2 rings (SSSR count). The summed E-state index contributed by atoms with van der Waals surface area (Å²) in [5.41, 5.74) is 0.904. The van der Waals surface area contributed by atoms with Crippen LogP contribution in [0.5, 0.6) is 0 Å². The monoisotopic (exact) mass is 299 g/mol. The van der Waals surface area contributed by atoms with Crippen LogP contribution in [0.2, 0.25) is 0 Å². The Balaban J connectivity index is 2.45. The topological polar surface area (TPSA) is 63.9 Å². The number of nitrogens with zero attached hydrogens (tertiary/aromatic N) is 2. The maximum Gasteiger partial charge on any atom is 0.284 e. The maximum atomic E-state index is 5.41. The fraction of sp³-hybridized carbons (Fsp3) is 0.583. The normalized spacial score (nSPS) is 12.0. The summed E-state index contributed by atoms with van der Waals surface area (Å²) in [7, 11) is 1.69. The first kappa shape index (κ1) is 14.4. The first-order chi connectivity index (χ1) is 8.91. The van der Waals surface area contributed by atoms with Crippen LogP contribution >= 0.6 is 23.6 Å². The zero-order valence-corrected chi connectivity index (χ0v) is 13.1. The third kappa shape index (κ3) is 3.29. The summed E-state index contributed by atoms with van der Waals surface area (Å²) in [4.78, 5) is 5.91. The number of rotatable bonds is 4. The molecular formula is C12H17N3O2S2. The average Bonchev–Trinajstić information content (AvgIpc) is 2.91. The van der Waals surface area contributed by atoms with Gasteiger partial charge in [0.05, 0.1) is 17.3 Å². The SMILES string of the molecule is COCCc1nc(C(C)(C)C)c(-c2n[nH]c(=S)o2)s1. The Morgan fingerprint density at radius 3 is 2.68 bits per heavy atom. The van der Waals surface area contributed by atoms with Crippen molar-refractivity contribution in [3.63, 3.8) is 0 Å². The highest BCUT2D eigenvalue weighted by Gasteiger charge is 2.26. The molecule has 0 amide bonds. The van der Waals surface area contributed by atoms with Crippen molar-refractivity contribution in [1.29, 1.82) is 0 Å². The number of aromatic nitrogens is 3. The molecular weight excluding hydrogens is 282 g/mol. The molecule has 0 saturated heterocycles. The summed E-state index contributed by atoms with van der Waals surface area (Å²) in [6, 6.07) is 0. The van der Waals surface area contributed by atoms with Gasteiger partial charge in [0.2, 0.25) is 0 Å². The minimum atomic E-state index is -0.0761. The van der Waals surface area contributed by atoms with Crippen LogP contribution in [0.15, 0.2) is 4.42 Å². The summed E-state index contributed by atoms with van der Waals surface area (Å²) in [5, 5.41) is 7.77. The van der Waals surface area contributed by atoms with E-state index in [-0.39, 0.29) is 10.3 Å². The fourth-order valence-corrected chi connectivity index (χ4v) is 2.95. The molecule has 0 aliphatic carbocycles. The highest BCUT2D eigenvalue weighted by atomic mass is 32.1. The Hall–Kier alpha value is -1.05. The van der Waals surface area contributed by atoms with Gasteiger partial charge in [0, 0.05) is 18.9 Å². The van der Waals surface area contributed by atoms with Crippen LogP contribution in [-0.4, -0.2) is 28.9 Å². The summed E-state index contributed by atoms with van der Waals surface area (Å²) in [6.45, 7) is 7.01. The highest BCUT2D eigenvalue weighted by molar-refractivity contribution is 7.71. The van der Waals surface area contributed by atoms with Crippen molar-refractivity contribution >= 4 is 23.6 Å². The molecule has 7 heteroatoms. The molecule has 2 heterocycles. The Morgan fingerprint density at radius 1 is 1.42 bits per heavy atom. The number of hydrogen-bond acceptors (Lipinski definition) is 6. The van der Waals surface area contributed by atoms with E-state index in [1.54, 1.807) is 18.4 Å². The lowest BCUT2D eigenvalue weighted by atomic mass is 9.91. The van der Waals surface area contributed by atoms with Crippen molar-refractivity contribution in [2.24, 2.45) is 0 Å². The lowest BCUT2D eigenvalue weighted by Crippen LogP contribution is -2.13. The molecule has 0 aliphatic rings. The minimum Gasteiger partial charge on any atom is -0.408 e. The molecule has 0 bridgehead atoms. The molecule has 2 aromatic heterocycles. The van der Waals surface area contributed by atoms with Crippen molar-refractivity contribution in [3.05, 3.63) is 15.5 Å². The summed E-state index contributed by atoms with van der Waals surface area (Å²) >= 11 is 6.50. The van der Waals surface area contributed by atoms with E-state index in [1.165, 1.54) is 0 Å². The van der Waals surface area contributed by atoms with Gasteiger partial charge in [-0.15, -0.1) is 16.4 Å². The van der Waals surface area contributed by atoms with E-state index in [2.05, 4.69) is 31.0 Å². The third-order valence-corrected chi connectivity index (χ3v) is 3.81.